The highest BCUT2D eigenvalue weighted by molar-refractivity contribution is 7.09. The number of carbonyl (C=O) groups is 1. The predicted octanol–water partition coefficient (Wildman–Crippen LogP) is 3.83. The van der Waals surface area contributed by atoms with Gasteiger partial charge in [-0.15, -0.1) is 11.3 Å². The van der Waals surface area contributed by atoms with Crippen molar-refractivity contribution in [1.82, 2.24) is 10.3 Å². The third-order valence-electron chi connectivity index (χ3n) is 3.41. The summed E-state index contributed by atoms with van der Waals surface area (Å²) >= 11 is 1.63. The number of ether oxygens (including phenoxy) is 1. The summed E-state index contributed by atoms with van der Waals surface area (Å²) in [6, 6.07) is 9.34. The Bertz CT molecular complexity index is 610. The van der Waals surface area contributed by atoms with E-state index < -0.39 is 6.10 Å². The van der Waals surface area contributed by atoms with E-state index in [1.807, 2.05) is 42.6 Å². The Morgan fingerprint density at radius 2 is 1.91 bits per heavy atom. The molecule has 22 heavy (non-hydrogen) atoms. The number of benzene rings is 1. The molecule has 1 amide bonds. The Hall–Kier alpha value is -1.72. The second-order valence-electron chi connectivity index (χ2n) is 5.52. The first-order valence-corrected chi connectivity index (χ1v) is 8.24. The highest BCUT2D eigenvalue weighted by atomic mass is 32.1. The number of aromatic nitrogens is 1. The normalized spacial score (nSPS) is 13.9. The number of carbonyl (C=O) groups excluding carboxylic acids is 1. The van der Waals surface area contributed by atoms with Crippen molar-refractivity contribution in [2.24, 2.45) is 0 Å². The van der Waals surface area contributed by atoms with E-state index in [9.17, 15) is 4.79 Å². The summed E-state index contributed by atoms with van der Waals surface area (Å²) in [6.45, 7) is 6.17. The molecule has 0 saturated heterocycles. The molecule has 2 atom stereocenters. The van der Waals surface area contributed by atoms with Crippen LogP contribution in [0.1, 0.15) is 55.1 Å². The van der Waals surface area contributed by atoms with Crippen LogP contribution in [0.2, 0.25) is 0 Å². The van der Waals surface area contributed by atoms with Gasteiger partial charge in [-0.25, -0.2) is 4.98 Å². The Morgan fingerprint density at radius 3 is 2.45 bits per heavy atom. The first-order valence-electron chi connectivity index (χ1n) is 7.36. The molecular formula is C17H22N2O2S. The van der Waals surface area contributed by atoms with Gasteiger partial charge in [0.1, 0.15) is 0 Å². The molecule has 0 aliphatic rings. The number of hydrogen-bond donors (Lipinski definition) is 1. The summed E-state index contributed by atoms with van der Waals surface area (Å²) in [5.74, 6) is 0.248. The number of amides is 1. The average Bonchev–Trinajstić information content (AvgIpc) is 2.99. The van der Waals surface area contributed by atoms with Gasteiger partial charge in [-0.1, -0.05) is 44.2 Å². The summed E-state index contributed by atoms with van der Waals surface area (Å²) < 4.78 is 5.35. The quantitative estimate of drug-likeness (QED) is 0.880. The Morgan fingerprint density at radius 1 is 1.23 bits per heavy atom. The highest BCUT2D eigenvalue weighted by Gasteiger charge is 2.22. The van der Waals surface area contributed by atoms with Crippen molar-refractivity contribution in [3.05, 3.63) is 52.0 Å². The van der Waals surface area contributed by atoms with Gasteiger partial charge in [-0.2, -0.15) is 0 Å². The van der Waals surface area contributed by atoms with E-state index in [2.05, 4.69) is 24.1 Å². The summed E-state index contributed by atoms with van der Waals surface area (Å²) in [4.78, 5) is 17.0. The standard InChI is InChI=1S/C17H22N2O2S/c1-11(2)17-19-14(10-22-17)12(3)18-16(20)15(21-4)13-8-6-5-7-9-13/h5-12,15H,1-4H3,(H,18,20)/t12-,15-/m1/s1. The molecule has 4 nitrogen and oxygen atoms in total. The van der Waals surface area contributed by atoms with E-state index in [-0.39, 0.29) is 11.9 Å². The van der Waals surface area contributed by atoms with Crippen LogP contribution in [-0.4, -0.2) is 18.0 Å². The molecule has 0 spiro atoms. The van der Waals surface area contributed by atoms with E-state index in [1.54, 1.807) is 18.4 Å². The van der Waals surface area contributed by atoms with Crippen LogP contribution in [0, 0.1) is 0 Å². The third-order valence-corrected chi connectivity index (χ3v) is 4.58. The molecule has 0 unspecified atom stereocenters. The summed E-state index contributed by atoms with van der Waals surface area (Å²) in [5, 5.41) is 6.07. The zero-order valence-electron chi connectivity index (χ0n) is 13.4. The SMILES string of the molecule is CO[C@@H](C(=O)N[C@H](C)c1csc(C(C)C)n1)c1ccccc1. The van der Waals surface area contributed by atoms with E-state index >= 15 is 0 Å². The van der Waals surface area contributed by atoms with E-state index in [4.69, 9.17) is 4.74 Å². The largest absolute Gasteiger partial charge is 0.367 e. The first kappa shape index (κ1) is 16.6. The minimum absolute atomic E-state index is 0.141. The van der Waals surface area contributed by atoms with Crippen molar-refractivity contribution >= 4 is 17.2 Å². The number of rotatable bonds is 6. The van der Waals surface area contributed by atoms with Crippen LogP contribution < -0.4 is 5.32 Å². The van der Waals surface area contributed by atoms with Crippen LogP contribution in [0.25, 0.3) is 0 Å². The zero-order chi connectivity index (χ0) is 16.1. The van der Waals surface area contributed by atoms with E-state index in [0.717, 1.165) is 16.3 Å². The number of hydrogen-bond acceptors (Lipinski definition) is 4. The lowest BCUT2D eigenvalue weighted by Gasteiger charge is -2.18. The second kappa shape index (κ2) is 7.51. The molecule has 1 N–H and O–H groups in total. The molecule has 0 bridgehead atoms. The van der Waals surface area contributed by atoms with Crippen molar-refractivity contribution in [2.75, 3.05) is 7.11 Å². The van der Waals surface area contributed by atoms with Crippen molar-refractivity contribution in [2.45, 2.75) is 38.8 Å². The molecule has 1 aromatic heterocycles. The van der Waals surface area contributed by atoms with Crippen molar-refractivity contribution in [1.29, 1.82) is 0 Å². The van der Waals surface area contributed by atoms with Gasteiger partial charge in [-0.05, 0) is 12.5 Å². The summed E-state index contributed by atoms with van der Waals surface area (Å²) in [5.41, 5.74) is 1.74. The van der Waals surface area contributed by atoms with E-state index in [1.165, 1.54) is 0 Å². The fourth-order valence-corrected chi connectivity index (χ4v) is 3.08. The molecule has 2 rings (SSSR count). The predicted molar refractivity (Wildman–Crippen MR) is 89.0 cm³/mol. The summed E-state index contributed by atoms with van der Waals surface area (Å²) in [7, 11) is 1.54. The smallest absolute Gasteiger partial charge is 0.254 e. The lowest BCUT2D eigenvalue weighted by atomic mass is 10.1. The van der Waals surface area contributed by atoms with E-state index in [0.29, 0.717) is 5.92 Å². The molecule has 0 aliphatic heterocycles. The molecule has 2 aromatic rings. The summed E-state index contributed by atoms with van der Waals surface area (Å²) in [6.07, 6.45) is -0.605. The molecule has 0 aliphatic carbocycles. The zero-order valence-corrected chi connectivity index (χ0v) is 14.2. The Kier molecular flexibility index (Phi) is 5.69. The highest BCUT2D eigenvalue weighted by Crippen LogP contribution is 2.24. The lowest BCUT2D eigenvalue weighted by molar-refractivity contribution is -0.132. The number of nitrogens with one attached hydrogen (secondary N) is 1. The van der Waals surface area contributed by atoms with Gasteiger partial charge in [0.2, 0.25) is 0 Å². The topological polar surface area (TPSA) is 51.2 Å². The van der Waals surface area contributed by atoms with Crippen LogP contribution in [0.5, 0.6) is 0 Å². The minimum atomic E-state index is -0.605. The Labute approximate surface area is 135 Å². The monoisotopic (exact) mass is 318 g/mol. The molecule has 0 radical (unpaired) electrons. The Balaban J connectivity index is 2.06. The van der Waals surface area contributed by atoms with Crippen molar-refractivity contribution in [3.63, 3.8) is 0 Å². The molecule has 0 fully saturated rings. The number of thiazole rings is 1. The fraction of sp³-hybridized carbons (Fsp3) is 0.412. The first-order chi connectivity index (χ1) is 10.5. The molecule has 0 saturated carbocycles. The van der Waals surface area contributed by atoms with Gasteiger partial charge in [-0.3, -0.25) is 4.79 Å². The van der Waals surface area contributed by atoms with Gasteiger partial charge in [0.25, 0.3) is 5.91 Å². The van der Waals surface area contributed by atoms with Gasteiger partial charge in [0.05, 0.1) is 16.7 Å². The van der Waals surface area contributed by atoms with Crippen molar-refractivity contribution in [3.8, 4) is 0 Å². The van der Waals surface area contributed by atoms with Crippen LogP contribution in [0.4, 0.5) is 0 Å². The van der Waals surface area contributed by atoms with Gasteiger partial charge in [0, 0.05) is 18.4 Å². The maximum Gasteiger partial charge on any atom is 0.254 e. The van der Waals surface area contributed by atoms with Gasteiger partial charge < -0.3 is 10.1 Å². The molecule has 1 heterocycles. The number of nitrogens with zero attached hydrogens (tertiary/aromatic N) is 1. The third kappa shape index (κ3) is 3.93. The van der Waals surface area contributed by atoms with Crippen molar-refractivity contribution < 1.29 is 9.53 Å². The molecular weight excluding hydrogens is 296 g/mol. The van der Waals surface area contributed by atoms with Crippen LogP contribution in [-0.2, 0) is 9.53 Å². The number of methoxy groups -OCH3 is 1. The van der Waals surface area contributed by atoms with Gasteiger partial charge >= 0.3 is 0 Å². The van der Waals surface area contributed by atoms with Crippen LogP contribution >= 0.6 is 11.3 Å². The molecule has 1 aromatic carbocycles. The lowest BCUT2D eigenvalue weighted by Crippen LogP contribution is -2.32. The fourth-order valence-electron chi connectivity index (χ4n) is 2.15. The second-order valence-corrected chi connectivity index (χ2v) is 6.41. The molecule has 118 valence electrons. The minimum Gasteiger partial charge on any atom is -0.367 e. The maximum atomic E-state index is 12.4. The van der Waals surface area contributed by atoms with Crippen LogP contribution in [0.3, 0.4) is 0 Å². The van der Waals surface area contributed by atoms with Crippen LogP contribution in [0.15, 0.2) is 35.7 Å². The van der Waals surface area contributed by atoms with Gasteiger partial charge in [0.15, 0.2) is 6.10 Å². The molecule has 5 heteroatoms. The maximum absolute atomic E-state index is 12.4. The average molecular weight is 318 g/mol.